The van der Waals surface area contributed by atoms with Gasteiger partial charge in [0.25, 0.3) is 0 Å². The second-order valence-corrected chi connectivity index (χ2v) is 7.78. The molecule has 138 valence electrons. The highest BCUT2D eigenvalue weighted by atomic mass is 35.5. The number of benzene rings is 1. The molecule has 1 aromatic carbocycles. The van der Waals surface area contributed by atoms with Crippen LogP contribution in [0.2, 0.25) is 5.02 Å². The van der Waals surface area contributed by atoms with E-state index in [1.165, 1.54) is 31.4 Å². The quantitative estimate of drug-likeness (QED) is 0.804. The molecule has 1 saturated heterocycles. The van der Waals surface area contributed by atoms with Crippen LogP contribution < -0.4 is 10.2 Å². The minimum Gasteiger partial charge on any atom is -0.369 e. The molecule has 1 aliphatic carbocycles. The number of nitrogens with one attached hydrogen (secondary N) is 1. The minimum atomic E-state index is 0.228. The fourth-order valence-corrected chi connectivity index (χ4v) is 4.08. The van der Waals surface area contributed by atoms with Gasteiger partial charge in [0.15, 0.2) is 0 Å². The second-order valence-electron chi connectivity index (χ2n) is 7.34. The summed E-state index contributed by atoms with van der Waals surface area (Å²) in [5.74, 6) is 1.03. The molecule has 25 heavy (non-hydrogen) atoms. The Labute approximate surface area is 156 Å². The maximum atomic E-state index is 12.0. The number of hydrogen-bond donors (Lipinski definition) is 1. The normalized spacial score (nSPS) is 19.3. The van der Waals surface area contributed by atoms with Gasteiger partial charge in [0, 0.05) is 56.4 Å². The van der Waals surface area contributed by atoms with Gasteiger partial charge in [-0.3, -0.25) is 9.69 Å². The van der Waals surface area contributed by atoms with Gasteiger partial charge < -0.3 is 10.2 Å². The molecule has 1 aromatic rings. The molecule has 2 fully saturated rings. The maximum absolute atomic E-state index is 12.0. The third-order valence-corrected chi connectivity index (χ3v) is 5.82. The van der Waals surface area contributed by atoms with Gasteiger partial charge in [-0.05, 0) is 36.6 Å². The summed E-state index contributed by atoms with van der Waals surface area (Å²) in [6.45, 7) is 5.85. The average Bonchev–Trinajstić information content (AvgIpc) is 3.15. The molecule has 1 heterocycles. The van der Waals surface area contributed by atoms with Gasteiger partial charge in [0.2, 0.25) is 5.91 Å². The van der Waals surface area contributed by atoms with E-state index >= 15 is 0 Å². The van der Waals surface area contributed by atoms with Crippen LogP contribution in [0.3, 0.4) is 0 Å². The SMILES string of the molecule is O=C(CCC1CCCC1)NCCN1CCN(c2ccc(Cl)cc2)CC1. The first-order chi connectivity index (χ1) is 12.2. The van der Waals surface area contributed by atoms with Crippen molar-refractivity contribution in [2.45, 2.75) is 38.5 Å². The van der Waals surface area contributed by atoms with Crippen LogP contribution in [0, 0.1) is 5.92 Å². The van der Waals surface area contributed by atoms with E-state index in [0.29, 0.717) is 6.42 Å². The Morgan fingerprint density at radius 3 is 2.44 bits per heavy atom. The summed E-state index contributed by atoms with van der Waals surface area (Å²) in [5.41, 5.74) is 1.24. The molecule has 1 N–H and O–H groups in total. The molecular weight excluding hydrogens is 334 g/mol. The summed E-state index contributed by atoms with van der Waals surface area (Å²) in [6.07, 6.45) is 7.14. The fourth-order valence-electron chi connectivity index (χ4n) is 3.96. The van der Waals surface area contributed by atoms with E-state index in [1.807, 2.05) is 12.1 Å². The summed E-state index contributed by atoms with van der Waals surface area (Å²) in [4.78, 5) is 16.8. The van der Waals surface area contributed by atoms with Crippen molar-refractivity contribution in [2.24, 2.45) is 5.92 Å². The van der Waals surface area contributed by atoms with Crippen molar-refractivity contribution in [2.75, 3.05) is 44.2 Å². The van der Waals surface area contributed by atoms with E-state index in [9.17, 15) is 4.79 Å². The number of amides is 1. The minimum absolute atomic E-state index is 0.228. The molecule has 0 atom stereocenters. The Morgan fingerprint density at radius 2 is 1.76 bits per heavy atom. The van der Waals surface area contributed by atoms with E-state index in [0.717, 1.165) is 56.6 Å². The molecule has 1 aliphatic heterocycles. The Balaban J connectivity index is 1.28. The number of halogens is 1. The van der Waals surface area contributed by atoms with Crippen LogP contribution in [0.1, 0.15) is 38.5 Å². The summed E-state index contributed by atoms with van der Waals surface area (Å²) < 4.78 is 0. The lowest BCUT2D eigenvalue weighted by Crippen LogP contribution is -2.48. The molecule has 0 bridgehead atoms. The van der Waals surface area contributed by atoms with E-state index < -0.39 is 0 Å². The van der Waals surface area contributed by atoms with Gasteiger partial charge in [-0.25, -0.2) is 0 Å². The van der Waals surface area contributed by atoms with Gasteiger partial charge in [-0.15, -0.1) is 0 Å². The topological polar surface area (TPSA) is 35.6 Å². The first kappa shape index (κ1) is 18.5. The predicted octanol–water partition coefficient (Wildman–Crippen LogP) is 3.55. The second kappa shape index (κ2) is 9.44. The van der Waals surface area contributed by atoms with Crippen molar-refractivity contribution in [3.63, 3.8) is 0 Å². The average molecular weight is 364 g/mol. The Kier molecular flexibility index (Phi) is 7.00. The van der Waals surface area contributed by atoms with Crippen molar-refractivity contribution in [3.8, 4) is 0 Å². The number of rotatable bonds is 7. The zero-order chi connectivity index (χ0) is 17.5. The summed E-state index contributed by atoms with van der Waals surface area (Å²) in [5, 5.41) is 3.88. The number of nitrogens with zero attached hydrogens (tertiary/aromatic N) is 2. The number of piperazine rings is 1. The van der Waals surface area contributed by atoms with Gasteiger partial charge in [0.05, 0.1) is 0 Å². The third-order valence-electron chi connectivity index (χ3n) is 5.57. The molecule has 0 radical (unpaired) electrons. The van der Waals surface area contributed by atoms with Gasteiger partial charge in [0.1, 0.15) is 0 Å². The lowest BCUT2D eigenvalue weighted by molar-refractivity contribution is -0.121. The van der Waals surface area contributed by atoms with E-state index in [-0.39, 0.29) is 5.91 Å². The molecule has 4 nitrogen and oxygen atoms in total. The third kappa shape index (κ3) is 5.89. The molecule has 1 amide bonds. The lowest BCUT2D eigenvalue weighted by Gasteiger charge is -2.36. The summed E-state index contributed by atoms with van der Waals surface area (Å²) in [7, 11) is 0. The van der Waals surface area contributed by atoms with Crippen molar-refractivity contribution >= 4 is 23.2 Å². The molecule has 5 heteroatoms. The van der Waals surface area contributed by atoms with Gasteiger partial charge >= 0.3 is 0 Å². The fraction of sp³-hybridized carbons (Fsp3) is 0.650. The van der Waals surface area contributed by atoms with Gasteiger partial charge in [-0.1, -0.05) is 37.3 Å². The van der Waals surface area contributed by atoms with Crippen molar-refractivity contribution < 1.29 is 4.79 Å². The summed E-state index contributed by atoms with van der Waals surface area (Å²) >= 11 is 5.95. The van der Waals surface area contributed by atoms with Crippen LogP contribution >= 0.6 is 11.6 Å². The first-order valence-corrected chi connectivity index (χ1v) is 10.1. The smallest absolute Gasteiger partial charge is 0.220 e. The molecule has 0 spiro atoms. The van der Waals surface area contributed by atoms with Crippen LogP contribution in [-0.2, 0) is 4.79 Å². The number of anilines is 1. The molecule has 3 rings (SSSR count). The molecule has 1 saturated carbocycles. The van der Waals surface area contributed by atoms with E-state index in [1.54, 1.807) is 0 Å². The Hall–Kier alpha value is -1.26. The van der Waals surface area contributed by atoms with Crippen molar-refractivity contribution in [1.82, 2.24) is 10.2 Å². The first-order valence-electron chi connectivity index (χ1n) is 9.70. The van der Waals surface area contributed by atoms with E-state index in [4.69, 9.17) is 11.6 Å². The van der Waals surface area contributed by atoms with Crippen LogP contribution in [0.5, 0.6) is 0 Å². The lowest BCUT2D eigenvalue weighted by atomic mass is 10.0. The maximum Gasteiger partial charge on any atom is 0.220 e. The number of hydrogen-bond acceptors (Lipinski definition) is 3. The highest BCUT2D eigenvalue weighted by Gasteiger charge is 2.18. The number of carbonyl (C=O) groups excluding carboxylic acids is 1. The van der Waals surface area contributed by atoms with Crippen LogP contribution in [0.15, 0.2) is 24.3 Å². The predicted molar refractivity (Wildman–Crippen MR) is 104 cm³/mol. The number of carbonyl (C=O) groups is 1. The largest absolute Gasteiger partial charge is 0.369 e. The molecule has 2 aliphatic rings. The zero-order valence-electron chi connectivity index (χ0n) is 15.1. The standard InChI is InChI=1S/C20H30ClN3O/c21-18-6-8-19(9-7-18)24-15-13-23(14-16-24)12-11-22-20(25)10-5-17-3-1-2-4-17/h6-9,17H,1-5,10-16H2,(H,22,25). The van der Waals surface area contributed by atoms with Crippen LogP contribution in [0.25, 0.3) is 0 Å². The highest BCUT2D eigenvalue weighted by Crippen LogP contribution is 2.28. The van der Waals surface area contributed by atoms with Crippen LogP contribution in [-0.4, -0.2) is 50.1 Å². The molecule has 0 unspecified atom stereocenters. The molecular formula is C20H30ClN3O. The molecule has 0 aromatic heterocycles. The summed E-state index contributed by atoms with van der Waals surface area (Å²) in [6, 6.07) is 8.07. The van der Waals surface area contributed by atoms with Gasteiger partial charge in [-0.2, -0.15) is 0 Å². The Bertz CT molecular complexity index is 534. The monoisotopic (exact) mass is 363 g/mol. The Morgan fingerprint density at radius 1 is 1.08 bits per heavy atom. The zero-order valence-corrected chi connectivity index (χ0v) is 15.8. The van der Waals surface area contributed by atoms with Crippen molar-refractivity contribution in [1.29, 1.82) is 0 Å². The van der Waals surface area contributed by atoms with E-state index in [2.05, 4.69) is 27.2 Å². The van der Waals surface area contributed by atoms with Crippen LogP contribution in [0.4, 0.5) is 5.69 Å². The van der Waals surface area contributed by atoms with Crippen molar-refractivity contribution in [3.05, 3.63) is 29.3 Å². The highest BCUT2D eigenvalue weighted by molar-refractivity contribution is 6.30.